The molecule has 1 amide bonds. The second kappa shape index (κ2) is 9.10. The zero-order chi connectivity index (χ0) is 24.0. The Kier molecular flexibility index (Phi) is 6.29. The Hall–Kier alpha value is -2.22. The van der Waals surface area contributed by atoms with Crippen molar-refractivity contribution in [1.82, 2.24) is 20.2 Å². The van der Waals surface area contributed by atoms with Crippen LogP contribution in [0.15, 0.2) is 30.6 Å². The number of carbonyl (C=O) groups excluding carboxylic acids is 1. The minimum absolute atomic E-state index is 0.0307. The summed E-state index contributed by atoms with van der Waals surface area (Å²) in [7, 11) is 0. The van der Waals surface area contributed by atoms with Gasteiger partial charge in [0, 0.05) is 48.3 Å². The summed E-state index contributed by atoms with van der Waals surface area (Å²) in [5.74, 6) is 1.08. The number of nitrogens with one attached hydrogen (secondary N) is 1. The maximum absolute atomic E-state index is 13.9. The lowest BCUT2D eigenvalue weighted by Gasteiger charge is -2.39. The molecule has 2 aliphatic heterocycles. The van der Waals surface area contributed by atoms with Crippen molar-refractivity contribution in [2.45, 2.75) is 69.6 Å². The van der Waals surface area contributed by atoms with Crippen LogP contribution in [0.5, 0.6) is 0 Å². The first-order valence-corrected chi connectivity index (χ1v) is 12.7. The third-order valence-corrected chi connectivity index (χ3v) is 7.98. The van der Waals surface area contributed by atoms with E-state index >= 15 is 0 Å². The number of hydrogen-bond acceptors (Lipinski definition) is 6. The highest BCUT2D eigenvalue weighted by Gasteiger charge is 2.41. The predicted molar refractivity (Wildman–Crippen MR) is 133 cm³/mol. The molecule has 34 heavy (non-hydrogen) atoms. The zero-order valence-corrected chi connectivity index (χ0v) is 20.9. The number of aromatic nitrogens is 2. The highest BCUT2D eigenvalue weighted by Crippen LogP contribution is 2.43. The summed E-state index contributed by atoms with van der Waals surface area (Å²) in [6, 6.07) is 7.84. The molecule has 2 fully saturated rings. The van der Waals surface area contributed by atoms with E-state index in [4.69, 9.17) is 11.6 Å². The number of amides is 1. The van der Waals surface area contributed by atoms with Gasteiger partial charge in [-0.25, -0.2) is 9.97 Å². The fourth-order valence-electron chi connectivity index (χ4n) is 5.92. The lowest BCUT2D eigenvalue weighted by molar-refractivity contribution is -0.133. The molecule has 2 saturated heterocycles. The smallest absolute Gasteiger partial charge is 0.231 e. The van der Waals surface area contributed by atoms with Gasteiger partial charge in [-0.05, 0) is 56.7 Å². The molecule has 0 bridgehead atoms. The lowest BCUT2D eigenvalue weighted by atomic mass is 9.88. The molecule has 7 nitrogen and oxygen atoms in total. The van der Waals surface area contributed by atoms with E-state index in [9.17, 15) is 9.90 Å². The summed E-state index contributed by atoms with van der Waals surface area (Å²) in [5.41, 5.74) is 2.87. The molecule has 2 aromatic rings. The lowest BCUT2D eigenvalue weighted by Crippen LogP contribution is -2.53. The number of halogens is 1. The SMILES string of the molecule is C[C@@H]1C[C@H](O)c2ncnc(N3CCN(C(=O)C(c4ccc(Cl)cc4)[C@@H]4CCC(C)(C)N4)CC3)c21. The van der Waals surface area contributed by atoms with Gasteiger partial charge in [-0.3, -0.25) is 4.79 Å². The summed E-state index contributed by atoms with van der Waals surface area (Å²) < 4.78 is 0. The van der Waals surface area contributed by atoms with Crippen LogP contribution in [0, 0.1) is 0 Å². The number of piperazine rings is 1. The number of rotatable bonds is 4. The fourth-order valence-corrected chi connectivity index (χ4v) is 6.05. The number of carbonyl (C=O) groups is 1. The molecular weight excluding hydrogens is 450 g/mol. The Morgan fingerprint density at radius 1 is 1.18 bits per heavy atom. The van der Waals surface area contributed by atoms with E-state index in [1.54, 1.807) is 6.33 Å². The Morgan fingerprint density at radius 2 is 1.88 bits per heavy atom. The van der Waals surface area contributed by atoms with Crippen molar-refractivity contribution in [2.75, 3.05) is 31.1 Å². The summed E-state index contributed by atoms with van der Waals surface area (Å²) >= 11 is 6.14. The maximum atomic E-state index is 13.9. The van der Waals surface area contributed by atoms with Gasteiger partial charge in [-0.15, -0.1) is 0 Å². The minimum atomic E-state index is -0.516. The van der Waals surface area contributed by atoms with Crippen molar-refractivity contribution in [3.05, 3.63) is 52.4 Å². The average Bonchev–Trinajstić information content (AvgIpc) is 3.33. The van der Waals surface area contributed by atoms with Crippen LogP contribution in [-0.2, 0) is 4.79 Å². The molecule has 1 aliphatic carbocycles. The molecule has 2 N–H and O–H groups in total. The molecule has 3 aliphatic rings. The van der Waals surface area contributed by atoms with E-state index in [2.05, 4.69) is 41.0 Å². The Balaban J connectivity index is 1.33. The number of aliphatic hydroxyl groups is 1. The first-order valence-electron chi connectivity index (χ1n) is 12.3. The molecule has 1 unspecified atom stereocenters. The van der Waals surface area contributed by atoms with Gasteiger partial charge < -0.3 is 20.2 Å². The van der Waals surface area contributed by atoms with Crippen molar-refractivity contribution in [1.29, 1.82) is 0 Å². The van der Waals surface area contributed by atoms with Gasteiger partial charge in [0.15, 0.2) is 0 Å². The van der Waals surface area contributed by atoms with Crippen LogP contribution in [0.4, 0.5) is 5.82 Å². The number of hydrogen-bond donors (Lipinski definition) is 2. The molecule has 182 valence electrons. The number of nitrogens with zero attached hydrogens (tertiary/aromatic N) is 4. The molecule has 4 atom stereocenters. The second-order valence-electron chi connectivity index (χ2n) is 10.7. The van der Waals surface area contributed by atoms with Crippen molar-refractivity contribution < 1.29 is 9.90 Å². The van der Waals surface area contributed by atoms with Gasteiger partial charge in [-0.1, -0.05) is 30.7 Å². The molecule has 0 saturated carbocycles. The van der Waals surface area contributed by atoms with Crippen LogP contribution in [0.3, 0.4) is 0 Å². The van der Waals surface area contributed by atoms with Gasteiger partial charge in [-0.2, -0.15) is 0 Å². The van der Waals surface area contributed by atoms with E-state index in [0.29, 0.717) is 24.5 Å². The van der Waals surface area contributed by atoms with Gasteiger partial charge in [0.05, 0.1) is 17.7 Å². The normalized spacial score (nSPS) is 27.0. The summed E-state index contributed by atoms with van der Waals surface area (Å²) in [4.78, 5) is 27.0. The largest absolute Gasteiger partial charge is 0.387 e. The van der Waals surface area contributed by atoms with Crippen molar-refractivity contribution in [3.8, 4) is 0 Å². The average molecular weight is 484 g/mol. The summed E-state index contributed by atoms with van der Waals surface area (Å²) in [5, 5.41) is 14.7. The number of anilines is 1. The number of benzene rings is 1. The molecule has 8 heteroatoms. The monoisotopic (exact) mass is 483 g/mol. The van der Waals surface area contributed by atoms with Gasteiger partial charge in [0.25, 0.3) is 0 Å². The van der Waals surface area contributed by atoms with E-state index in [0.717, 1.165) is 48.6 Å². The third kappa shape index (κ3) is 4.41. The highest BCUT2D eigenvalue weighted by molar-refractivity contribution is 6.30. The number of aliphatic hydroxyl groups excluding tert-OH is 1. The Morgan fingerprint density at radius 3 is 2.53 bits per heavy atom. The Labute approximate surface area is 206 Å². The quantitative estimate of drug-likeness (QED) is 0.691. The molecular formula is C26H34ClN5O2. The molecule has 1 aromatic carbocycles. The molecule has 0 spiro atoms. The standard InChI is InChI=1S/C26H34ClN5O2/c1-16-14-20(33)23-21(16)24(29-15-28-23)31-10-12-32(13-11-31)25(34)22(17-4-6-18(27)7-5-17)19-8-9-26(2,3)30-19/h4-7,15-16,19-20,22,30,33H,8-14H2,1-3H3/t16-,19+,20+,22?/m1/s1. The van der Waals surface area contributed by atoms with E-state index in [1.807, 2.05) is 29.2 Å². The van der Waals surface area contributed by atoms with Crippen LogP contribution in [0.1, 0.15) is 74.8 Å². The fraction of sp³-hybridized carbons (Fsp3) is 0.577. The molecule has 1 aromatic heterocycles. The second-order valence-corrected chi connectivity index (χ2v) is 11.1. The van der Waals surface area contributed by atoms with E-state index in [1.165, 1.54) is 0 Å². The van der Waals surface area contributed by atoms with Crippen LogP contribution in [-0.4, -0.2) is 63.6 Å². The minimum Gasteiger partial charge on any atom is -0.387 e. The first kappa shape index (κ1) is 23.5. The van der Waals surface area contributed by atoms with Crippen LogP contribution in [0.25, 0.3) is 0 Å². The molecule has 5 rings (SSSR count). The van der Waals surface area contributed by atoms with Gasteiger partial charge in [0.2, 0.25) is 5.91 Å². The third-order valence-electron chi connectivity index (χ3n) is 7.72. The van der Waals surface area contributed by atoms with Gasteiger partial charge in [0.1, 0.15) is 12.1 Å². The van der Waals surface area contributed by atoms with Crippen LogP contribution >= 0.6 is 11.6 Å². The van der Waals surface area contributed by atoms with Crippen molar-refractivity contribution in [3.63, 3.8) is 0 Å². The Bertz CT molecular complexity index is 1050. The highest BCUT2D eigenvalue weighted by atomic mass is 35.5. The maximum Gasteiger partial charge on any atom is 0.231 e. The summed E-state index contributed by atoms with van der Waals surface area (Å²) in [6.45, 7) is 9.25. The van der Waals surface area contributed by atoms with Crippen molar-refractivity contribution in [2.24, 2.45) is 0 Å². The summed E-state index contributed by atoms with van der Waals surface area (Å²) in [6.07, 6.45) is 3.74. The van der Waals surface area contributed by atoms with Crippen LogP contribution < -0.4 is 10.2 Å². The molecule has 3 heterocycles. The predicted octanol–water partition coefficient (Wildman–Crippen LogP) is 3.63. The molecule has 0 radical (unpaired) electrons. The zero-order valence-electron chi connectivity index (χ0n) is 20.2. The topological polar surface area (TPSA) is 81.6 Å². The number of fused-ring (bicyclic) bond motifs is 1. The van der Waals surface area contributed by atoms with E-state index in [-0.39, 0.29) is 29.3 Å². The van der Waals surface area contributed by atoms with Gasteiger partial charge >= 0.3 is 0 Å². The van der Waals surface area contributed by atoms with Crippen LogP contribution in [0.2, 0.25) is 5.02 Å². The van der Waals surface area contributed by atoms with Crippen molar-refractivity contribution >= 4 is 23.3 Å². The van der Waals surface area contributed by atoms with E-state index < -0.39 is 6.10 Å². The first-order chi connectivity index (χ1) is 16.2.